The largest absolute Gasteiger partial charge is 0.497 e. The summed E-state index contributed by atoms with van der Waals surface area (Å²) >= 11 is 1.26. The van der Waals surface area contributed by atoms with Crippen LogP contribution in [0.15, 0.2) is 53.6 Å². The number of nitrogens with zero attached hydrogens (tertiary/aromatic N) is 2. The van der Waals surface area contributed by atoms with E-state index in [0.717, 1.165) is 16.7 Å². The van der Waals surface area contributed by atoms with Crippen LogP contribution in [-0.2, 0) is 4.79 Å². The number of benzene rings is 2. The Kier molecular flexibility index (Phi) is 6.17. The van der Waals surface area contributed by atoms with Crippen LogP contribution in [0.4, 0.5) is 5.69 Å². The molecule has 2 aromatic carbocycles. The number of rotatable bonds is 6. The lowest BCUT2D eigenvalue weighted by molar-refractivity contribution is -0.113. The van der Waals surface area contributed by atoms with Crippen LogP contribution in [0.2, 0.25) is 0 Å². The van der Waals surface area contributed by atoms with Crippen LogP contribution >= 0.6 is 11.8 Å². The number of amides is 1. The van der Waals surface area contributed by atoms with E-state index in [1.54, 1.807) is 31.4 Å². The van der Waals surface area contributed by atoms with Crippen molar-refractivity contribution in [1.82, 2.24) is 4.98 Å². The molecule has 5 nitrogen and oxygen atoms in total. The molecule has 3 rings (SSSR count). The summed E-state index contributed by atoms with van der Waals surface area (Å²) in [7, 11) is 1.59. The topological polar surface area (TPSA) is 75.0 Å². The molecule has 0 radical (unpaired) electrons. The highest BCUT2D eigenvalue weighted by atomic mass is 32.2. The fraction of sp³-hybridized carbons (Fsp3) is 0.227. The molecule has 0 aliphatic heterocycles. The molecular formula is C22H21N3O2S. The number of nitriles is 1. The van der Waals surface area contributed by atoms with Gasteiger partial charge in [0.25, 0.3) is 0 Å². The highest BCUT2D eigenvalue weighted by Gasteiger charge is 2.11. The molecule has 0 fully saturated rings. The van der Waals surface area contributed by atoms with Crippen molar-refractivity contribution in [3.63, 3.8) is 0 Å². The van der Waals surface area contributed by atoms with E-state index in [1.807, 2.05) is 12.1 Å². The summed E-state index contributed by atoms with van der Waals surface area (Å²) in [6.07, 6.45) is 0. The lowest BCUT2D eigenvalue weighted by atomic mass is 10.0. The number of carbonyl (C=O) groups is 1. The van der Waals surface area contributed by atoms with Gasteiger partial charge in [-0.3, -0.25) is 4.79 Å². The van der Waals surface area contributed by atoms with Crippen LogP contribution in [0.1, 0.15) is 30.9 Å². The number of hydrogen-bond acceptors (Lipinski definition) is 5. The number of pyridine rings is 1. The van der Waals surface area contributed by atoms with Gasteiger partial charge in [0.2, 0.25) is 5.91 Å². The Bertz CT molecular complexity index is 1040. The number of ether oxygens (including phenoxy) is 1. The predicted molar refractivity (Wildman–Crippen MR) is 113 cm³/mol. The van der Waals surface area contributed by atoms with Gasteiger partial charge in [-0.05, 0) is 53.9 Å². The van der Waals surface area contributed by atoms with E-state index >= 15 is 0 Å². The van der Waals surface area contributed by atoms with Crippen LogP contribution in [0, 0.1) is 11.3 Å². The van der Waals surface area contributed by atoms with Crippen molar-refractivity contribution >= 4 is 34.3 Å². The SMILES string of the molecule is COc1ccc(NC(=O)CSc2nc3ccc(C(C)C)cc3cc2C#N)cc1. The van der Waals surface area contributed by atoms with E-state index in [1.165, 1.54) is 17.3 Å². The minimum Gasteiger partial charge on any atom is -0.497 e. The van der Waals surface area contributed by atoms with Gasteiger partial charge in [-0.2, -0.15) is 5.26 Å². The number of hydrogen-bond donors (Lipinski definition) is 1. The first-order valence-corrected chi connectivity index (χ1v) is 9.90. The Morgan fingerprint density at radius 3 is 2.61 bits per heavy atom. The second-order valence-corrected chi connectivity index (χ2v) is 7.59. The van der Waals surface area contributed by atoms with Crippen molar-refractivity contribution in [2.45, 2.75) is 24.8 Å². The van der Waals surface area contributed by atoms with E-state index in [9.17, 15) is 10.1 Å². The zero-order chi connectivity index (χ0) is 20.1. The van der Waals surface area contributed by atoms with E-state index in [4.69, 9.17) is 4.74 Å². The van der Waals surface area contributed by atoms with Gasteiger partial charge < -0.3 is 10.1 Å². The standard InChI is InChI=1S/C22H21N3O2S/c1-14(2)15-4-9-20-16(10-15)11-17(12-23)22(25-20)28-13-21(26)24-18-5-7-19(27-3)8-6-18/h4-11,14H,13H2,1-3H3,(H,24,26). The summed E-state index contributed by atoms with van der Waals surface area (Å²) < 4.78 is 5.10. The Balaban J connectivity index is 1.73. The molecule has 0 atom stereocenters. The Morgan fingerprint density at radius 1 is 1.21 bits per heavy atom. The number of thioether (sulfide) groups is 1. The normalized spacial score (nSPS) is 10.7. The minimum atomic E-state index is -0.156. The Hall–Kier alpha value is -3.04. The number of fused-ring (bicyclic) bond motifs is 1. The highest BCUT2D eigenvalue weighted by molar-refractivity contribution is 8.00. The Labute approximate surface area is 168 Å². The predicted octanol–water partition coefficient (Wildman–Crippen LogP) is 4.97. The van der Waals surface area contributed by atoms with Crippen molar-refractivity contribution in [2.24, 2.45) is 0 Å². The first-order chi connectivity index (χ1) is 13.5. The molecule has 0 aliphatic carbocycles. The maximum atomic E-state index is 12.2. The molecule has 0 saturated heterocycles. The molecule has 0 bridgehead atoms. The van der Waals surface area contributed by atoms with Gasteiger partial charge in [0, 0.05) is 11.1 Å². The zero-order valence-electron chi connectivity index (χ0n) is 16.0. The molecule has 0 aliphatic rings. The first-order valence-electron chi connectivity index (χ1n) is 8.91. The minimum absolute atomic E-state index is 0.156. The third-order valence-corrected chi connectivity index (χ3v) is 5.30. The molecule has 6 heteroatoms. The molecule has 1 aromatic heterocycles. The van der Waals surface area contributed by atoms with Gasteiger partial charge in [-0.15, -0.1) is 0 Å². The molecule has 0 spiro atoms. The maximum absolute atomic E-state index is 12.2. The van der Waals surface area contributed by atoms with Crippen molar-refractivity contribution < 1.29 is 9.53 Å². The van der Waals surface area contributed by atoms with Crippen molar-refractivity contribution in [3.05, 3.63) is 59.7 Å². The van der Waals surface area contributed by atoms with Crippen LogP contribution < -0.4 is 10.1 Å². The van der Waals surface area contributed by atoms with Gasteiger partial charge >= 0.3 is 0 Å². The highest BCUT2D eigenvalue weighted by Crippen LogP contribution is 2.27. The summed E-state index contributed by atoms with van der Waals surface area (Å²) in [6, 6.07) is 17.3. The molecule has 0 saturated carbocycles. The molecule has 1 amide bonds. The summed E-state index contributed by atoms with van der Waals surface area (Å²) in [5.41, 5.74) is 3.20. The molecule has 142 valence electrons. The van der Waals surface area contributed by atoms with E-state index in [0.29, 0.717) is 22.2 Å². The second-order valence-electron chi connectivity index (χ2n) is 6.63. The van der Waals surface area contributed by atoms with Crippen LogP contribution in [-0.4, -0.2) is 23.8 Å². The Morgan fingerprint density at radius 2 is 1.96 bits per heavy atom. The van der Waals surface area contributed by atoms with Gasteiger partial charge in [0.15, 0.2) is 0 Å². The van der Waals surface area contributed by atoms with E-state index in [-0.39, 0.29) is 11.7 Å². The second kappa shape index (κ2) is 8.77. The monoisotopic (exact) mass is 391 g/mol. The van der Waals surface area contributed by atoms with Gasteiger partial charge in [0.1, 0.15) is 16.8 Å². The number of aromatic nitrogens is 1. The van der Waals surface area contributed by atoms with Gasteiger partial charge in [-0.25, -0.2) is 4.98 Å². The van der Waals surface area contributed by atoms with Crippen molar-refractivity contribution in [3.8, 4) is 11.8 Å². The van der Waals surface area contributed by atoms with Crippen molar-refractivity contribution in [1.29, 1.82) is 5.26 Å². The average molecular weight is 391 g/mol. The van der Waals surface area contributed by atoms with Crippen LogP contribution in [0.3, 0.4) is 0 Å². The first kappa shape index (κ1) is 19.7. The molecule has 28 heavy (non-hydrogen) atoms. The summed E-state index contributed by atoms with van der Waals surface area (Å²) in [6.45, 7) is 4.26. The van der Waals surface area contributed by atoms with Gasteiger partial charge in [0.05, 0.1) is 23.9 Å². The van der Waals surface area contributed by atoms with E-state index in [2.05, 4.69) is 42.4 Å². The molecule has 0 unspecified atom stereocenters. The van der Waals surface area contributed by atoms with Crippen LogP contribution in [0.5, 0.6) is 5.75 Å². The summed E-state index contributed by atoms with van der Waals surface area (Å²) in [4.78, 5) is 16.8. The lowest BCUT2D eigenvalue weighted by Gasteiger charge is -2.09. The number of carbonyl (C=O) groups excluding carboxylic acids is 1. The summed E-state index contributed by atoms with van der Waals surface area (Å²) in [5.74, 6) is 1.15. The number of methoxy groups -OCH3 is 1. The molecule has 1 heterocycles. The summed E-state index contributed by atoms with van der Waals surface area (Å²) in [5, 5.41) is 13.8. The zero-order valence-corrected chi connectivity index (χ0v) is 16.8. The molecule has 3 aromatic rings. The number of nitrogens with one attached hydrogen (secondary N) is 1. The molecule has 1 N–H and O–H groups in total. The maximum Gasteiger partial charge on any atom is 0.234 e. The lowest BCUT2D eigenvalue weighted by Crippen LogP contribution is -2.14. The van der Waals surface area contributed by atoms with E-state index < -0.39 is 0 Å². The smallest absolute Gasteiger partial charge is 0.234 e. The number of anilines is 1. The van der Waals surface area contributed by atoms with Crippen molar-refractivity contribution in [2.75, 3.05) is 18.2 Å². The van der Waals surface area contributed by atoms with Crippen LogP contribution in [0.25, 0.3) is 10.9 Å². The fourth-order valence-corrected chi connectivity index (χ4v) is 3.49. The molecular weight excluding hydrogens is 370 g/mol. The quantitative estimate of drug-likeness (QED) is 0.601. The fourth-order valence-electron chi connectivity index (χ4n) is 2.73. The van der Waals surface area contributed by atoms with Gasteiger partial charge in [-0.1, -0.05) is 31.7 Å². The third kappa shape index (κ3) is 4.62. The average Bonchev–Trinajstić information content (AvgIpc) is 2.71. The third-order valence-electron chi connectivity index (χ3n) is 4.30.